The Bertz CT molecular complexity index is 269. The van der Waals surface area contributed by atoms with Crippen LogP contribution >= 0.6 is 15.9 Å². The Labute approximate surface area is 94.1 Å². The fraction of sp³-hybridized carbons (Fsp3) is 0.583. The van der Waals surface area contributed by atoms with Crippen molar-refractivity contribution in [3.63, 3.8) is 0 Å². The predicted molar refractivity (Wildman–Crippen MR) is 62.6 cm³/mol. The molecule has 0 radical (unpaired) electrons. The van der Waals surface area contributed by atoms with E-state index in [4.69, 9.17) is 0 Å². The SMILES string of the molecule is BrC(CCCc1cccnc1)C1CC1. The van der Waals surface area contributed by atoms with E-state index >= 15 is 0 Å². The lowest BCUT2D eigenvalue weighted by Crippen LogP contribution is -2.00. The van der Waals surface area contributed by atoms with Crippen LogP contribution in [0.15, 0.2) is 24.5 Å². The Morgan fingerprint density at radius 3 is 3.00 bits per heavy atom. The fourth-order valence-corrected chi connectivity index (χ4v) is 2.59. The molecule has 1 unspecified atom stereocenters. The minimum absolute atomic E-state index is 0.763. The molecule has 14 heavy (non-hydrogen) atoms. The van der Waals surface area contributed by atoms with Crippen LogP contribution in [0.5, 0.6) is 0 Å². The van der Waals surface area contributed by atoms with Crippen molar-refractivity contribution >= 4 is 15.9 Å². The first-order chi connectivity index (χ1) is 6.86. The summed E-state index contributed by atoms with van der Waals surface area (Å²) in [6.07, 6.45) is 10.4. The summed E-state index contributed by atoms with van der Waals surface area (Å²) < 4.78 is 0. The molecule has 1 heterocycles. The van der Waals surface area contributed by atoms with Gasteiger partial charge in [-0.3, -0.25) is 4.98 Å². The normalized spacial score (nSPS) is 18.1. The van der Waals surface area contributed by atoms with E-state index in [9.17, 15) is 0 Å². The minimum atomic E-state index is 0.763. The summed E-state index contributed by atoms with van der Waals surface area (Å²) in [5.74, 6) is 0.976. The van der Waals surface area contributed by atoms with Crippen molar-refractivity contribution in [1.82, 2.24) is 4.98 Å². The van der Waals surface area contributed by atoms with Gasteiger partial charge in [-0.15, -0.1) is 0 Å². The van der Waals surface area contributed by atoms with E-state index in [0.717, 1.165) is 10.7 Å². The van der Waals surface area contributed by atoms with Crippen molar-refractivity contribution in [1.29, 1.82) is 0 Å². The molecule has 0 aromatic carbocycles. The molecular formula is C12H16BrN. The highest BCUT2D eigenvalue weighted by Crippen LogP contribution is 2.38. The van der Waals surface area contributed by atoms with E-state index in [0.29, 0.717) is 0 Å². The first-order valence-corrected chi connectivity index (χ1v) is 6.31. The van der Waals surface area contributed by atoms with Crippen LogP contribution in [0.2, 0.25) is 0 Å². The molecule has 0 spiro atoms. The van der Waals surface area contributed by atoms with Gasteiger partial charge in [-0.2, -0.15) is 0 Å². The first-order valence-electron chi connectivity index (χ1n) is 5.39. The first kappa shape index (κ1) is 10.2. The van der Waals surface area contributed by atoms with E-state index in [2.05, 4.69) is 27.0 Å². The zero-order chi connectivity index (χ0) is 9.80. The molecule has 1 aromatic heterocycles. The van der Waals surface area contributed by atoms with Gasteiger partial charge in [0.25, 0.3) is 0 Å². The summed E-state index contributed by atoms with van der Waals surface area (Å²) in [5, 5.41) is 0. The molecule has 0 aliphatic heterocycles. The number of aryl methyl sites for hydroxylation is 1. The third kappa shape index (κ3) is 3.09. The van der Waals surface area contributed by atoms with Crippen LogP contribution in [0.4, 0.5) is 0 Å². The van der Waals surface area contributed by atoms with Crippen molar-refractivity contribution in [3.05, 3.63) is 30.1 Å². The average molecular weight is 254 g/mol. The molecule has 1 aromatic rings. The summed E-state index contributed by atoms with van der Waals surface area (Å²) >= 11 is 3.76. The Morgan fingerprint density at radius 1 is 1.50 bits per heavy atom. The van der Waals surface area contributed by atoms with Gasteiger partial charge >= 0.3 is 0 Å². The van der Waals surface area contributed by atoms with Gasteiger partial charge in [-0.25, -0.2) is 0 Å². The highest BCUT2D eigenvalue weighted by Gasteiger charge is 2.28. The van der Waals surface area contributed by atoms with Crippen LogP contribution < -0.4 is 0 Å². The molecule has 0 N–H and O–H groups in total. The molecule has 1 saturated carbocycles. The van der Waals surface area contributed by atoms with Crippen molar-refractivity contribution < 1.29 is 0 Å². The van der Waals surface area contributed by atoms with Crippen molar-refractivity contribution in [2.24, 2.45) is 5.92 Å². The number of halogens is 1. The van der Waals surface area contributed by atoms with Crippen molar-refractivity contribution in [2.45, 2.75) is 36.9 Å². The summed E-state index contributed by atoms with van der Waals surface area (Å²) in [6, 6.07) is 4.18. The van der Waals surface area contributed by atoms with Gasteiger partial charge in [0.1, 0.15) is 0 Å². The molecular weight excluding hydrogens is 238 g/mol. The van der Waals surface area contributed by atoms with E-state index in [1.54, 1.807) is 0 Å². The fourth-order valence-electron chi connectivity index (χ4n) is 1.74. The van der Waals surface area contributed by atoms with E-state index in [1.807, 2.05) is 18.5 Å². The Balaban J connectivity index is 1.67. The zero-order valence-electron chi connectivity index (χ0n) is 8.32. The van der Waals surface area contributed by atoms with E-state index in [1.165, 1.54) is 37.7 Å². The number of nitrogens with zero attached hydrogens (tertiary/aromatic N) is 1. The maximum atomic E-state index is 4.12. The third-order valence-corrected chi connectivity index (χ3v) is 4.01. The maximum absolute atomic E-state index is 4.12. The number of rotatable bonds is 5. The quantitative estimate of drug-likeness (QED) is 0.732. The molecule has 76 valence electrons. The number of hydrogen-bond acceptors (Lipinski definition) is 1. The van der Waals surface area contributed by atoms with Crippen molar-refractivity contribution in [2.75, 3.05) is 0 Å². The van der Waals surface area contributed by atoms with Gasteiger partial charge in [0.05, 0.1) is 0 Å². The lowest BCUT2D eigenvalue weighted by molar-refractivity contribution is 0.653. The van der Waals surface area contributed by atoms with Gasteiger partial charge < -0.3 is 0 Å². The van der Waals surface area contributed by atoms with Crippen LogP contribution in [-0.2, 0) is 6.42 Å². The van der Waals surface area contributed by atoms with Crippen LogP contribution in [0.3, 0.4) is 0 Å². The van der Waals surface area contributed by atoms with Crippen molar-refractivity contribution in [3.8, 4) is 0 Å². The molecule has 0 saturated heterocycles. The van der Waals surface area contributed by atoms with Gasteiger partial charge in [0.2, 0.25) is 0 Å². The molecule has 0 bridgehead atoms. The van der Waals surface area contributed by atoms with E-state index in [-0.39, 0.29) is 0 Å². The second-order valence-corrected chi connectivity index (χ2v) is 5.28. The summed E-state index contributed by atoms with van der Waals surface area (Å²) in [6.45, 7) is 0. The third-order valence-electron chi connectivity index (χ3n) is 2.80. The number of pyridine rings is 1. The van der Waals surface area contributed by atoms with Crippen LogP contribution in [0.1, 0.15) is 31.2 Å². The molecule has 1 aliphatic rings. The van der Waals surface area contributed by atoms with Crippen LogP contribution in [0.25, 0.3) is 0 Å². The van der Waals surface area contributed by atoms with E-state index < -0.39 is 0 Å². The molecule has 1 fully saturated rings. The number of hydrogen-bond donors (Lipinski definition) is 0. The second-order valence-electron chi connectivity index (χ2n) is 4.11. The molecule has 1 atom stereocenters. The van der Waals surface area contributed by atoms with Gasteiger partial charge in [-0.05, 0) is 49.7 Å². The Hall–Kier alpha value is -0.370. The lowest BCUT2D eigenvalue weighted by atomic mass is 10.1. The molecule has 2 heteroatoms. The average Bonchev–Trinajstić information content (AvgIpc) is 3.02. The Kier molecular flexibility index (Phi) is 3.57. The van der Waals surface area contributed by atoms with Crippen LogP contribution in [0, 0.1) is 5.92 Å². The van der Waals surface area contributed by atoms with Crippen LogP contribution in [-0.4, -0.2) is 9.81 Å². The summed E-state index contributed by atoms with van der Waals surface area (Å²) in [7, 11) is 0. The summed E-state index contributed by atoms with van der Waals surface area (Å²) in [5.41, 5.74) is 1.36. The number of alkyl halides is 1. The lowest BCUT2D eigenvalue weighted by Gasteiger charge is -2.07. The topological polar surface area (TPSA) is 12.9 Å². The van der Waals surface area contributed by atoms with Gasteiger partial charge in [0, 0.05) is 17.2 Å². The molecule has 1 nitrogen and oxygen atoms in total. The maximum Gasteiger partial charge on any atom is 0.0299 e. The van der Waals surface area contributed by atoms with Gasteiger partial charge in [0.15, 0.2) is 0 Å². The largest absolute Gasteiger partial charge is 0.264 e. The zero-order valence-corrected chi connectivity index (χ0v) is 9.91. The summed E-state index contributed by atoms with van der Waals surface area (Å²) in [4.78, 5) is 4.88. The predicted octanol–water partition coefficient (Wildman–Crippen LogP) is 3.58. The molecule has 0 amide bonds. The minimum Gasteiger partial charge on any atom is -0.264 e. The molecule has 1 aliphatic carbocycles. The Morgan fingerprint density at radius 2 is 2.36 bits per heavy atom. The standard InChI is InChI=1S/C12H16BrN/c13-12(11-6-7-11)5-1-3-10-4-2-8-14-9-10/h2,4,8-9,11-12H,1,3,5-7H2. The monoisotopic (exact) mass is 253 g/mol. The van der Waals surface area contributed by atoms with Gasteiger partial charge in [-0.1, -0.05) is 22.0 Å². The highest BCUT2D eigenvalue weighted by molar-refractivity contribution is 9.09. The molecule has 2 rings (SSSR count). The number of aromatic nitrogens is 1. The smallest absolute Gasteiger partial charge is 0.0299 e. The highest BCUT2D eigenvalue weighted by atomic mass is 79.9. The second kappa shape index (κ2) is 4.92.